The second-order valence-corrected chi connectivity index (χ2v) is 3.79. The Kier molecular flexibility index (Phi) is 4.64. The third-order valence-electron chi connectivity index (χ3n) is 1.99. The second-order valence-electron chi connectivity index (χ2n) is 3.79. The van der Waals surface area contributed by atoms with Crippen LogP contribution in [-0.2, 0) is 6.42 Å². The first kappa shape index (κ1) is 12.4. The van der Waals surface area contributed by atoms with Crippen LogP contribution in [0.25, 0.3) is 0 Å². The smallest absolute Gasteiger partial charge is 0.404 e. The van der Waals surface area contributed by atoms with Crippen LogP contribution in [-0.4, -0.2) is 23.8 Å². The number of nitrogens with one attached hydrogen (secondary N) is 1. The van der Waals surface area contributed by atoms with Gasteiger partial charge in [0.2, 0.25) is 0 Å². The molecule has 0 aliphatic carbocycles. The van der Waals surface area contributed by atoms with E-state index in [2.05, 4.69) is 5.32 Å². The molecule has 0 atom stereocenters. The Bertz CT molecular complexity index is 333. The summed E-state index contributed by atoms with van der Waals surface area (Å²) in [6.45, 7) is 4.38. The minimum absolute atomic E-state index is 0.166. The van der Waals surface area contributed by atoms with Gasteiger partial charge in [0.25, 0.3) is 0 Å². The lowest BCUT2D eigenvalue weighted by Crippen LogP contribution is -2.23. The first-order chi connectivity index (χ1) is 7.58. The molecular weight excluding hydrogens is 206 g/mol. The molecule has 0 fully saturated rings. The van der Waals surface area contributed by atoms with Crippen LogP contribution in [0.3, 0.4) is 0 Å². The zero-order valence-electron chi connectivity index (χ0n) is 9.56. The fourth-order valence-electron chi connectivity index (χ4n) is 1.32. The lowest BCUT2D eigenvalue weighted by Gasteiger charge is -2.10. The van der Waals surface area contributed by atoms with Gasteiger partial charge in [0.1, 0.15) is 5.75 Å². The highest BCUT2D eigenvalue weighted by Gasteiger charge is 1.99. The maximum Gasteiger partial charge on any atom is 0.404 e. The fraction of sp³-hybridized carbons (Fsp3) is 0.417. The van der Waals surface area contributed by atoms with Crippen molar-refractivity contribution >= 4 is 6.09 Å². The Morgan fingerprint density at radius 1 is 1.38 bits per heavy atom. The van der Waals surface area contributed by atoms with Crippen LogP contribution < -0.4 is 10.1 Å². The molecule has 16 heavy (non-hydrogen) atoms. The topological polar surface area (TPSA) is 58.6 Å². The predicted molar refractivity (Wildman–Crippen MR) is 61.9 cm³/mol. The summed E-state index contributed by atoms with van der Waals surface area (Å²) in [7, 11) is 0. The van der Waals surface area contributed by atoms with Gasteiger partial charge < -0.3 is 15.2 Å². The van der Waals surface area contributed by atoms with Crippen LogP contribution in [0.5, 0.6) is 5.75 Å². The van der Waals surface area contributed by atoms with Crippen molar-refractivity contribution in [3.8, 4) is 5.75 Å². The Labute approximate surface area is 95.2 Å². The van der Waals surface area contributed by atoms with Crippen LogP contribution in [0.2, 0.25) is 0 Å². The van der Waals surface area contributed by atoms with E-state index in [0.717, 1.165) is 11.3 Å². The minimum Gasteiger partial charge on any atom is -0.491 e. The van der Waals surface area contributed by atoms with Crippen molar-refractivity contribution in [3.63, 3.8) is 0 Å². The van der Waals surface area contributed by atoms with E-state index >= 15 is 0 Å². The number of hydrogen-bond acceptors (Lipinski definition) is 2. The number of hydrogen-bond donors (Lipinski definition) is 2. The third kappa shape index (κ3) is 4.68. The quantitative estimate of drug-likeness (QED) is 0.805. The Morgan fingerprint density at radius 2 is 2.00 bits per heavy atom. The van der Waals surface area contributed by atoms with E-state index in [-0.39, 0.29) is 6.10 Å². The van der Waals surface area contributed by atoms with E-state index < -0.39 is 6.09 Å². The lowest BCUT2D eigenvalue weighted by molar-refractivity contribution is 0.194. The van der Waals surface area contributed by atoms with Gasteiger partial charge in [-0.1, -0.05) is 12.1 Å². The number of amides is 1. The summed E-state index contributed by atoms with van der Waals surface area (Å²) >= 11 is 0. The van der Waals surface area contributed by atoms with Gasteiger partial charge in [-0.25, -0.2) is 4.79 Å². The van der Waals surface area contributed by atoms with Gasteiger partial charge in [0, 0.05) is 6.54 Å². The molecular formula is C12H17NO3. The summed E-state index contributed by atoms with van der Waals surface area (Å²) in [5.74, 6) is 0.838. The maximum absolute atomic E-state index is 10.2. The molecule has 1 rings (SSSR count). The molecule has 0 radical (unpaired) electrons. The first-order valence-electron chi connectivity index (χ1n) is 5.30. The van der Waals surface area contributed by atoms with Crippen molar-refractivity contribution in [1.82, 2.24) is 5.32 Å². The van der Waals surface area contributed by atoms with E-state index in [9.17, 15) is 4.79 Å². The van der Waals surface area contributed by atoms with Crippen molar-refractivity contribution in [3.05, 3.63) is 29.8 Å². The Balaban J connectivity index is 2.42. The number of carboxylic acid groups (broad SMARTS) is 1. The molecule has 0 aromatic heterocycles. The van der Waals surface area contributed by atoms with Crippen molar-refractivity contribution in [1.29, 1.82) is 0 Å². The standard InChI is InChI=1S/C12H17NO3/c1-9(2)16-11-5-3-10(4-6-11)7-8-13-12(14)15/h3-6,9,13H,7-8H2,1-2H3,(H,14,15). The van der Waals surface area contributed by atoms with Crippen LogP contribution in [0.1, 0.15) is 19.4 Å². The molecule has 0 heterocycles. The molecule has 1 aromatic rings. The van der Waals surface area contributed by atoms with E-state index in [1.165, 1.54) is 0 Å². The summed E-state index contributed by atoms with van der Waals surface area (Å²) in [4.78, 5) is 10.2. The largest absolute Gasteiger partial charge is 0.491 e. The molecule has 4 heteroatoms. The molecule has 0 unspecified atom stereocenters. The van der Waals surface area contributed by atoms with Crippen LogP contribution in [0.15, 0.2) is 24.3 Å². The molecule has 0 saturated carbocycles. The average Bonchev–Trinajstić information content (AvgIpc) is 2.19. The number of rotatable bonds is 5. The second kappa shape index (κ2) is 6.00. The molecule has 0 bridgehead atoms. The minimum atomic E-state index is -0.986. The molecule has 1 aromatic carbocycles. The molecule has 0 aliphatic rings. The number of carbonyl (C=O) groups is 1. The van der Waals surface area contributed by atoms with E-state index in [1.54, 1.807) is 0 Å². The number of ether oxygens (including phenoxy) is 1. The summed E-state index contributed by atoms with van der Waals surface area (Å²) in [5, 5.41) is 10.7. The molecule has 0 saturated heterocycles. The SMILES string of the molecule is CC(C)Oc1ccc(CCNC(=O)O)cc1. The molecule has 0 spiro atoms. The summed E-state index contributed by atoms with van der Waals surface area (Å²) < 4.78 is 5.50. The molecule has 88 valence electrons. The first-order valence-corrected chi connectivity index (χ1v) is 5.30. The van der Waals surface area contributed by atoms with Crippen molar-refractivity contribution in [2.45, 2.75) is 26.4 Å². The molecule has 2 N–H and O–H groups in total. The third-order valence-corrected chi connectivity index (χ3v) is 1.99. The van der Waals surface area contributed by atoms with Crippen molar-refractivity contribution in [2.75, 3.05) is 6.54 Å². The van der Waals surface area contributed by atoms with Gasteiger partial charge in [-0.3, -0.25) is 0 Å². The monoisotopic (exact) mass is 223 g/mol. The van der Waals surface area contributed by atoms with E-state index in [0.29, 0.717) is 13.0 Å². The van der Waals surface area contributed by atoms with Gasteiger partial charge in [0.15, 0.2) is 0 Å². The van der Waals surface area contributed by atoms with Gasteiger partial charge in [0.05, 0.1) is 6.10 Å². The van der Waals surface area contributed by atoms with Gasteiger partial charge in [-0.15, -0.1) is 0 Å². The summed E-state index contributed by atoms with van der Waals surface area (Å²) in [6.07, 6.45) is -0.131. The van der Waals surface area contributed by atoms with Crippen molar-refractivity contribution in [2.24, 2.45) is 0 Å². The van der Waals surface area contributed by atoms with Crippen LogP contribution in [0, 0.1) is 0 Å². The Hall–Kier alpha value is -1.71. The van der Waals surface area contributed by atoms with Gasteiger partial charge >= 0.3 is 6.09 Å². The van der Waals surface area contributed by atoms with E-state index in [4.69, 9.17) is 9.84 Å². The zero-order chi connectivity index (χ0) is 12.0. The zero-order valence-corrected chi connectivity index (χ0v) is 9.56. The predicted octanol–water partition coefficient (Wildman–Crippen LogP) is 2.28. The Morgan fingerprint density at radius 3 is 2.50 bits per heavy atom. The lowest BCUT2D eigenvalue weighted by atomic mass is 10.1. The fourth-order valence-corrected chi connectivity index (χ4v) is 1.32. The molecule has 4 nitrogen and oxygen atoms in total. The molecule has 0 aliphatic heterocycles. The van der Waals surface area contributed by atoms with Gasteiger partial charge in [-0.2, -0.15) is 0 Å². The van der Waals surface area contributed by atoms with Crippen LogP contribution >= 0.6 is 0 Å². The van der Waals surface area contributed by atoms with Crippen LogP contribution in [0.4, 0.5) is 4.79 Å². The molecule has 1 amide bonds. The highest BCUT2D eigenvalue weighted by atomic mass is 16.5. The van der Waals surface area contributed by atoms with Gasteiger partial charge in [-0.05, 0) is 38.0 Å². The normalized spacial score (nSPS) is 10.2. The average molecular weight is 223 g/mol. The highest BCUT2D eigenvalue weighted by molar-refractivity contribution is 5.64. The summed E-state index contributed by atoms with van der Waals surface area (Å²) in [6, 6.07) is 7.69. The van der Waals surface area contributed by atoms with E-state index in [1.807, 2.05) is 38.1 Å². The van der Waals surface area contributed by atoms with Crippen molar-refractivity contribution < 1.29 is 14.6 Å². The highest BCUT2D eigenvalue weighted by Crippen LogP contribution is 2.13. The summed E-state index contributed by atoms with van der Waals surface area (Å²) in [5.41, 5.74) is 1.09. The number of benzene rings is 1. The maximum atomic E-state index is 10.2.